The van der Waals surface area contributed by atoms with Gasteiger partial charge in [-0.15, -0.1) is 0 Å². The Hall–Kier alpha value is -3.56. The van der Waals surface area contributed by atoms with Gasteiger partial charge in [-0.05, 0) is 38.5 Å². The third-order valence-corrected chi connectivity index (χ3v) is 4.20. The summed E-state index contributed by atoms with van der Waals surface area (Å²) in [6.07, 6.45) is 2.33. The molecular weight excluding hydrogens is 404 g/mol. The topological polar surface area (TPSA) is 143 Å². The predicted octanol–water partition coefficient (Wildman–Crippen LogP) is 1.67. The fourth-order valence-corrected chi connectivity index (χ4v) is 2.75. The fraction of sp³-hybridized carbons (Fsp3) is 0.429. The molecule has 4 N–H and O–H groups in total. The normalized spacial score (nSPS) is 13.0. The van der Waals surface area contributed by atoms with E-state index in [9.17, 15) is 19.5 Å². The lowest BCUT2D eigenvalue weighted by molar-refractivity contribution is -0.142. The minimum Gasteiger partial charge on any atom is -0.497 e. The number of nitrogens with zero attached hydrogens (tertiary/aromatic N) is 1. The highest BCUT2D eigenvalue weighted by atomic mass is 16.6. The molecule has 0 aliphatic carbocycles. The number of hydrogen-bond donors (Lipinski definition) is 4. The number of aromatic nitrogens is 2. The molecule has 0 fully saturated rings. The number of imidazole rings is 1. The molecule has 0 bridgehead atoms. The van der Waals surface area contributed by atoms with E-state index < -0.39 is 35.7 Å². The number of aromatic amines is 1. The minimum absolute atomic E-state index is 0.0638. The van der Waals surface area contributed by atoms with Crippen molar-refractivity contribution in [2.24, 2.45) is 0 Å². The van der Waals surface area contributed by atoms with Crippen LogP contribution in [0.15, 0.2) is 36.8 Å². The van der Waals surface area contributed by atoms with Crippen molar-refractivity contribution < 1.29 is 29.0 Å². The molecule has 1 aromatic carbocycles. The number of methoxy groups -OCH3 is 1. The molecular formula is C21H28N4O6. The Morgan fingerprint density at radius 2 is 1.77 bits per heavy atom. The first-order chi connectivity index (χ1) is 14.6. The molecule has 0 saturated carbocycles. The van der Waals surface area contributed by atoms with E-state index in [4.69, 9.17) is 9.47 Å². The molecule has 0 aliphatic heterocycles. The standard InChI is InChI=1S/C21H28N4O6/c1-21(2,3)31-20(29)25-16(10-14-11-22-12-23-14)18(26)24-17(19(27)28)9-13-5-7-15(30-4)8-6-13/h5-8,11-12,16-17H,9-10H2,1-4H3,(H,22,23)(H,24,26)(H,25,29)(H,27,28)/t16-,17+/m0/s1. The van der Waals surface area contributed by atoms with Crippen LogP contribution in [0.5, 0.6) is 5.75 Å². The van der Waals surface area contributed by atoms with Crippen LogP contribution in [0.4, 0.5) is 4.79 Å². The monoisotopic (exact) mass is 432 g/mol. The molecule has 2 rings (SSSR count). The highest BCUT2D eigenvalue weighted by Crippen LogP contribution is 2.13. The molecule has 0 aliphatic rings. The van der Waals surface area contributed by atoms with Crippen molar-refractivity contribution >= 4 is 18.0 Å². The summed E-state index contributed by atoms with van der Waals surface area (Å²) in [6.45, 7) is 5.10. The number of ether oxygens (including phenoxy) is 2. The van der Waals surface area contributed by atoms with Crippen LogP contribution in [-0.4, -0.2) is 57.8 Å². The molecule has 0 saturated heterocycles. The van der Waals surface area contributed by atoms with E-state index in [0.29, 0.717) is 17.0 Å². The summed E-state index contributed by atoms with van der Waals surface area (Å²) in [7, 11) is 1.53. The van der Waals surface area contributed by atoms with Gasteiger partial charge in [0.25, 0.3) is 0 Å². The Morgan fingerprint density at radius 1 is 1.10 bits per heavy atom. The zero-order valence-corrected chi connectivity index (χ0v) is 18.0. The summed E-state index contributed by atoms with van der Waals surface area (Å²) >= 11 is 0. The SMILES string of the molecule is COc1ccc(C[C@@H](NC(=O)[C@H](Cc2cnc[nH]2)NC(=O)OC(C)(C)C)C(=O)O)cc1. The van der Waals surface area contributed by atoms with E-state index in [1.807, 2.05) is 0 Å². The third-order valence-electron chi connectivity index (χ3n) is 4.20. The number of hydrogen-bond acceptors (Lipinski definition) is 6. The Kier molecular flexibility index (Phi) is 8.00. The smallest absolute Gasteiger partial charge is 0.408 e. The highest BCUT2D eigenvalue weighted by molar-refractivity contribution is 5.89. The predicted molar refractivity (Wildman–Crippen MR) is 112 cm³/mol. The van der Waals surface area contributed by atoms with Gasteiger partial charge in [0.15, 0.2) is 0 Å². The second-order valence-corrected chi connectivity index (χ2v) is 7.93. The number of H-pyrrole nitrogens is 1. The van der Waals surface area contributed by atoms with Gasteiger partial charge in [-0.3, -0.25) is 4.79 Å². The highest BCUT2D eigenvalue weighted by Gasteiger charge is 2.29. The molecule has 31 heavy (non-hydrogen) atoms. The summed E-state index contributed by atoms with van der Waals surface area (Å²) in [5.41, 5.74) is 0.550. The van der Waals surface area contributed by atoms with Gasteiger partial charge in [0.2, 0.25) is 5.91 Å². The van der Waals surface area contributed by atoms with Crippen LogP contribution in [0.2, 0.25) is 0 Å². The molecule has 2 aromatic rings. The van der Waals surface area contributed by atoms with Crippen LogP contribution >= 0.6 is 0 Å². The van der Waals surface area contributed by atoms with E-state index >= 15 is 0 Å². The van der Waals surface area contributed by atoms with Crippen LogP contribution in [0.25, 0.3) is 0 Å². The molecule has 168 valence electrons. The van der Waals surface area contributed by atoms with Gasteiger partial charge < -0.3 is 30.2 Å². The Morgan fingerprint density at radius 3 is 2.29 bits per heavy atom. The number of carbonyl (C=O) groups excluding carboxylic acids is 2. The van der Waals surface area contributed by atoms with E-state index in [-0.39, 0.29) is 12.8 Å². The number of rotatable bonds is 9. The van der Waals surface area contributed by atoms with Crippen molar-refractivity contribution in [3.05, 3.63) is 48.0 Å². The van der Waals surface area contributed by atoms with Gasteiger partial charge in [0.05, 0.1) is 13.4 Å². The van der Waals surface area contributed by atoms with E-state index in [1.54, 1.807) is 45.0 Å². The minimum atomic E-state index is -1.19. The van der Waals surface area contributed by atoms with Crippen LogP contribution < -0.4 is 15.4 Å². The second-order valence-electron chi connectivity index (χ2n) is 7.93. The quantitative estimate of drug-likeness (QED) is 0.472. The molecule has 0 spiro atoms. The number of alkyl carbamates (subject to hydrolysis) is 1. The molecule has 1 heterocycles. The first-order valence-corrected chi connectivity index (χ1v) is 9.70. The van der Waals surface area contributed by atoms with Gasteiger partial charge >= 0.3 is 12.1 Å². The largest absolute Gasteiger partial charge is 0.497 e. The lowest BCUT2D eigenvalue weighted by atomic mass is 10.0. The van der Waals surface area contributed by atoms with Crippen LogP contribution in [0.1, 0.15) is 32.0 Å². The third kappa shape index (κ3) is 8.00. The second kappa shape index (κ2) is 10.5. The number of carboxylic acid groups (broad SMARTS) is 1. The van der Waals surface area contributed by atoms with Crippen molar-refractivity contribution in [1.29, 1.82) is 0 Å². The summed E-state index contributed by atoms with van der Waals surface area (Å²) in [4.78, 5) is 43.6. The Balaban J connectivity index is 2.11. The average Bonchev–Trinajstić information content (AvgIpc) is 3.19. The van der Waals surface area contributed by atoms with Gasteiger partial charge in [-0.2, -0.15) is 0 Å². The number of aliphatic carboxylic acids is 1. The maximum atomic E-state index is 12.9. The molecule has 0 unspecified atom stereocenters. The maximum absolute atomic E-state index is 12.9. The summed E-state index contributed by atoms with van der Waals surface area (Å²) in [5, 5.41) is 14.6. The molecule has 2 amide bonds. The molecule has 10 heteroatoms. The van der Waals surface area contributed by atoms with E-state index in [1.165, 1.54) is 19.6 Å². The summed E-state index contributed by atoms with van der Waals surface area (Å²) < 4.78 is 10.3. The first kappa shape index (κ1) is 23.7. The van der Waals surface area contributed by atoms with Crippen molar-refractivity contribution in [3.8, 4) is 5.75 Å². The number of carbonyl (C=O) groups is 3. The Labute approximate surface area is 180 Å². The zero-order chi connectivity index (χ0) is 23.0. The number of carboxylic acids is 1. The summed E-state index contributed by atoms with van der Waals surface area (Å²) in [5.74, 6) is -1.20. The number of benzene rings is 1. The molecule has 1 aromatic heterocycles. The van der Waals surface area contributed by atoms with Gasteiger partial charge in [0, 0.05) is 24.7 Å². The van der Waals surface area contributed by atoms with E-state index in [2.05, 4.69) is 20.6 Å². The maximum Gasteiger partial charge on any atom is 0.408 e. The van der Waals surface area contributed by atoms with Gasteiger partial charge in [-0.1, -0.05) is 12.1 Å². The lowest BCUT2D eigenvalue weighted by Crippen LogP contribution is -2.53. The average molecular weight is 432 g/mol. The Bertz CT molecular complexity index is 874. The first-order valence-electron chi connectivity index (χ1n) is 9.70. The molecule has 2 atom stereocenters. The van der Waals surface area contributed by atoms with E-state index in [0.717, 1.165) is 0 Å². The van der Waals surface area contributed by atoms with Crippen LogP contribution in [-0.2, 0) is 27.2 Å². The van der Waals surface area contributed by atoms with Crippen molar-refractivity contribution in [3.63, 3.8) is 0 Å². The van der Waals surface area contributed by atoms with Gasteiger partial charge in [0.1, 0.15) is 23.4 Å². The van der Waals surface area contributed by atoms with Crippen molar-refractivity contribution in [2.75, 3.05) is 7.11 Å². The lowest BCUT2D eigenvalue weighted by Gasteiger charge is -2.24. The van der Waals surface area contributed by atoms with Crippen molar-refractivity contribution in [2.45, 2.75) is 51.3 Å². The van der Waals surface area contributed by atoms with Gasteiger partial charge in [-0.25, -0.2) is 14.6 Å². The summed E-state index contributed by atoms with van der Waals surface area (Å²) in [6, 6.07) is 4.62. The number of amides is 2. The fourth-order valence-electron chi connectivity index (χ4n) is 2.75. The molecule has 0 radical (unpaired) electrons. The van der Waals surface area contributed by atoms with Crippen molar-refractivity contribution in [1.82, 2.24) is 20.6 Å². The van der Waals surface area contributed by atoms with Crippen LogP contribution in [0, 0.1) is 0 Å². The number of nitrogens with one attached hydrogen (secondary N) is 3. The van der Waals surface area contributed by atoms with Crippen LogP contribution in [0.3, 0.4) is 0 Å². The molecule has 10 nitrogen and oxygen atoms in total. The zero-order valence-electron chi connectivity index (χ0n) is 18.0.